The Morgan fingerprint density at radius 2 is 1.89 bits per heavy atom. The molecule has 0 aliphatic carbocycles. The van der Waals surface area contributed by atoms with Crippen molar-refractivity contribution in [3.8, 4) is 0 Å². The summed E-state index contributed by atoms with van der Waals surface area (Å²) in [6.45, 7) is 8.79. The molecule has 1 unspecified atom stereocenters. The predicted octanol–water partition coefficient (Wildman–Crippen LogP) is 3.05. The maximum absolute atomic E-state index is 3.20. The molecule has 0 aromatic heterocycles. The lowest BCUT2D eigenvalue weighted by molar-refractivity contribution is 0.420. The second kappa shape index (κ2) is 4.60. The van der Waals surface area contributed by atoms with Crippen LogP contribution in [-0.2, 0) is 0 Å². The molecule has 0 saturated heterocycles. The average Bonchev–Trinajstić information content (AvgIpc) is 1.82. The topological polar surface area (TPSA) is 0 Å². The maximum Gasteiger partial charge on any atom is -0.0469 e. The summed E-state index contributed by atoms with van der Waals surface area (Å²) in [6, 6.07) is 0. The third kappa shape index (κ3) is 4.26. The van der Waals surface area contributed by atoms with Crippen LogP contribution in [0.1, 0.15) is 34.1 Å². The summed E-state index contributed by atoms with van der Waals surface area (Å²) in [5.41, 5.74) is 0. The molecule has 0 radical (unpaired) electrons. The van der Waals surface area contributed by atoms with Crippen LogP contribution in [0.3, 0.4) is 0 Å². The minimum Gasteiger partial charge on any atom is -0.501 e. The largest absolute Gasteiger partial charge is 0.501 e. The van der Waals surface area contributed by atoms with Crippen molar-refractivity contribution < 1.29 is 0 Å². The Morgan fingerprint density at radius 1 is 1.33 bits per heavy atom. The van der Waals surface area contributed by atoms with Gasteiger partial charge in [-0.25, -0.2) is 0 Å². The highest BCUT2D eigenvalue weighted by atomic mass is 14.1. The van der Waals surface area contributed by atoms with Crippen LogP contribution in [-0.4, -0.2) is 0 Å². The molecule has 0 rings (SSSR count). The van der Waals surface area contributed by atoms with Crippen LogP contribution in [0.5, 0.6) is 0 Å². The van der Waals surface area contributed by atoms with Crippen LogP contribution in [0.2, 0.25) is 0 Å². The van der Waals surface area contributed by atoms with Crippen molar-refractivity contribution in [2.75, 3.05) is 0 Å². The van der Waals surface area contributed by atoms with Gasteiger partial charge < -0.3 is 6.08 Å². The molecule has 0 fully saturated rings. The Balaban J connectivity index is 3.38. The van der Waals surface area contributed by atoms with Gasteiger partial charge in [-0.05, 0) is 5.92 Å². The van der Waals surface area contributed by atoms with E-state index in [1.807, 2.05) is 13.0 Å². The van der Waals surface area contributed by atoms with Crippen LogP contribution in [0.25, 0.3) is 0 Å². The smallest absolute Gasteiger partial charge is 0.0469 e. The molecule has 0 aromatic rings. The normalized spacial score (nSPS) is 15.2. The molecule has 9 heavy (non-hydrogen) atoms. The van der Waals surface area contributed by atoms with Crippen LogP contribution in [0, 0.1) is 17.9 Å². The molecule has 0 N–H and O–H groups in total. The van der Waals surface area contributed by atoms with Crippen molar-refractivity contribution in [3.63, 3.8) is 0 Å². The zero-order valence-corrected chi connectivity index (χ0v) is 6.94. The monoisotopic (exact) mass is 125 g/mol. The minimum atomic E-state index is 0.779. The molecule has 0 heteroatoms. The Kier molecular flexibility index (Phi) is 4.47. The van der Waals surface area contributed by atoms with Crippen LogP contribution >= 0.6 is 0 Å². The van der Waals surface area contributed by atoms with Gasteiger partial charge in [0.25, 0.3) is 0 Å². The molecular formula is C9H17-. The van der Waals surface area contributed by atoms with Crippen LogP contribution in [0.15, 0.2) is 6.08 Å². The van der Waals surface area contributed by atoms with Gasteiger partial charge in [0.2, 0.25) is 0 Å². The van der Waals surface area contributed by atoms with Crippen molar-refractivity contribution in [1.82, 2.24) is 0 Å². The van der Waals surface area contributed by atoms with Gasteiger partial charge in [-0.3, -0.25) is 6.08 Å². The molecule has 0 saturated carbocycles. The number of allylic oxidation sites excluding steroid dienone is 2. The molecule has 0 aromatic carbocycles. The maximum atomic E-state index is 3.20. The first-order chi connectivity index (χ1) is 4.18. The minimum absolute atomic E-state index is 0.779. The third-order valence-corrected chi connectivity index (χ3v) is 1.78. The lowest BCUT2D eigenvalue weighted by Gasteiger charge is -2.18. The number of hydrogen-bond donors (Lipinski definition) is 0. The first kappa shape index (κ1) is 8.74. The van der Waals surface area contributed by atoms with Crippen molar-refractivity contribution >= 4 is 0 Å². The van der Waals surface area contributed by atoms with Gasteiger partial charge in [0.1, 0.15) is 0 Å². The fourth-order valence-electron chi connectivity index (χ4n) is 0.539. The van der Waals surface area contributed by atoms with E-state index in [1.54, 1.807) is 0 Å². The van der Waals surface area contributed by atoms with E-state index in [1.165, 1.54) is 0 Å². The molecule has 0 aliphatic rings. The summed E-state index contributed by atoms with van der Waals surface area (Å²) in [4.78, 5) is 0. The summed E-state index contributed by atoms with van der Waals surface area (Å²) >= 11 is 0. The molecule has 0 aliphatic heterocycles. The van der Waals surface area contributed by atoms with E-state index in [0.717, 1.165) is 18.3 Å². The van der Waals surface area contributed by atoms with Gasteiger partial charge in [-0.1, -0.05) is 33.6 Å². The van der Waals surface area contributed by atoms with E-state index in [2.05, 4.69) is 26.8 Å². The first-order valence-corrected chi connectivity index (χ1v) is 3.69. The number of hydrogen-bond acceptors (Lipinski definition) is 0. The Bertz CT molecular complexity index is 80.0. The van der Waals surface area contributed by atoms with Crippen LogP contribution in [0.4, 0.5) is 0 Å². The summed E-state index contributed by atoms with van der Waals surface area (Å²) in [7, 11) is 0. The van der Waals surface area contributed by atoms with Gasteiger partial charge >= 0.3 is 0 Å². The molecule has 0 nitrogen and oxygen atoms in total. The fraction of sp³-hybridized carbons (Fsp3) is 0.778. The lowest BCUT2D eigenvalue weighted by atomic mass is 9.95. The highest BCUT2D eigenvalue weighted by Gasteiger charge is 1.98. The summed E-state index contributed by atoms with van der Waals surface area (Å²) in [5, 5.41) is 0. The second-order valence-electron chi connectivity index (χ2n) is 2.92. The molecule has 54 valence electrons. The molecule has 0 spiro atoms. The second-order valence-corrected chi connectivity index (χ2v) is 2.92. The van der Waals surface area contributed by atoms with Gasteiger partial charge in [0, 0.05) is 0 Å². The summed E-state index contributed by atoms with van der Waals surface area (Å²) < 4.78 is 0. The van der Waals surface area contributed by atoms with Gasteiger partial charge in [-0.15, -0.1) is 0 Å². The molecule has 0 heterocycles. The van der Waals surface area contributed by atoms with E-state index in [-0.39, 0.29) is 0 Å². The van der Waals surface area contributed by atoms with E-state index < -0.39 is 0 Å². The van der Waals surface area contributed by atoms with E-state index in [9.17, 15) is 0 Å². The average molecular weight is 125 g/mol. The fourth-order valence-corrected chi connectivity index (χ4v) is 0.539. The standard InChI is InChI=1S/C9H17/c1-5-6-7-9(4)8(2)3/h5,8-9H,7H2,1-4H3/q-1. The van der Waals surface area contributed by atoms with Crippen molar-refractivity contribution in [1.29, 1.82) is 0 Å². The Hall–Kier alpha value is -0.260. The predicted molar refractivity (Wildman–Crippen MR) is 42.1 cm³/mol. The quantitative estimate of drug-likeness (QED) is 0.508. The molecule has 0 bridgehead atoms. The first-order valence-electron chi connectivity index (χ1n) is 3.69. The highest BCUT2D eigenvalue weighted by Crippen LogP contribution is 2.13. The SMILES string of the molecule is CC=[C-]CC(C)C(C)C. The number of rotatable bonds is 3. The van der Waals surface area contributed by atoms with Gasteiger partial charge in [0.15, 0.2) is 0 Å². The van der Waals surface area contributed by atoms with Crippen molar-refractivity contribution in [2.24, 2.45) is 11.8 Å². The van der Waals surface area contributed by atoms with Gasteiger partial charge in [-0.2, -0.15) is 6.42 Å². The summed E-state index contributed by atoms with van der Waals surface area (Å²) in [6.07, 6.45) is 6.31. The third-order valence-electron chi connectivity index (χ3n) is 1.78. The van der Waals surface area contributed by atoms with Crippen molar-refractivity contribution in [2.45, 2.75) is 34.1 Å². The Morgan fingerprint density at radius 3 is 2.22 bits per heavy atom. The van der Waals surface area contributed by atoms with E-state index >= 15 is 0 Å². The zero-order valence-electron chi connectivity index (χ0n) is 6.94. The molecule has 0 amide bonds. The zero-order chi connectivity index (χ0) is 7.28. The molecular weight excluding hydrogens is 108 g/mol. The van der Waals surface area contributed by atoms with Crippen LogP contribution < -0.4 is 0 Å². The van der Waals surface area contributed by atoms with E-state index in [4.69, 9.17) is 0 Å². The lowest BCUT2D eigenvalue weighted by Crippen LogP contribution is -2.01. The Labute approximate surface area is 59.0 Å². The van der Waals surface area contributed by atoms with Gasteiger partial charge in [0.05, 0.1) is 0 Å². The van der Waals surface area contributed by atoms with Crippen molar-refractivity contribution in [3.05, 3.63) is 12.2 Å². The highest BCUT2D eigenvalue weighted by molar-refractivity contribution is 4.71. The summed E-state index contributed by atoms with van der Waals surface area (Å²) in [5.74, 6) is 1.57. The molecule has 1 atom stereocenters. The van der Waals surface area contributed by atoms with E-state index in [0.29, 0.717) is 0 Å².